The van der Waals surface area contributed by atoms with Gasteiger partial charge in [0.25, 0.3) is 0 Å². The molecule has 0 bridgehead atoms. The molecule has 5 N–H and O–H groups in total. The summed E-state index contributed by atoms with van der Waals surface area (Å²) in [6, 6.07) is 0. The number of nitrogens with one attached hydrogen (secondary N) is 1. The Labute approximate surface area is 140 Å². The van der Waals surface area contributed by atoms with Crippen molar-refractivity contribution in [2.75, 3.05) is 26.2 Å². The third-order valence-corrected chi connectivity index (χ3v) is 3.62. The average molecular weight is 279 g/mol. The molecule has 0 aliphatic rings. The molecule has 0 aromatic rings. The predicted molar refractivity (Wildman–Crippen MR) is 87.5 cm³/mol. The van der Waals surface area contributed by atoms with Crippen LogP contribution in [0.5, 0.6) is 0 Å². The van der Waals surface area contributed by atoms with Gasteiger partial charge >= 0.3 is 18.9 Å². The first-order chi connectivity index (χ1) is 9.41. The van der Waals surface area contributed by atoms with Crippen LogP contribution in [0.15, 0.2) is 0 Å². The topological polar surface area (TPSA) is 64.1 Å². The summed E-state index contributed by atoms with van der Waals surface area (Å²) in [5.41, 5.74) is 10.9. The Balaban J connectivity index is -0.00000162. The van der Waals surface area contributed by atoms with Gasteiger partial charge in [-0.1, -0.05) is 51.4 Å². The zero-order valence-electron chi connectivity index (χ0n) is 15.0. The van der Waals surface area contributed by atoms with E-state index in [1.165, 1.54) is 90.1 Å². The number of nitrogens with two attached hydrogens (primary N) is 2. The molecular weight excluding hydrogens is 241 g/mol. The Morgan fingerprint density at radius 1 is 0.500 bits per heavy atom. The normalized spacial score (nSPS) is 10.5. The molecule has 3 nitrogen and oxygen atoms in total. The van der Waals surface area contributed by atoms with E-state index in [-0.39, 0.29) is 20.3 Å². The van der Waals surface area contributed by atoms with E-state index in [4.69, 9.17) is 11.5 Å². The van der Waals surface area contributed by atoms with Crippen LogP contribution in [0, 0.1) is 0 Å². The maximum absolute atomic E-state index is 5.47. The Hall–Kier alpha value is 0.477. The van der Waals surface area contributed by atoms with Gasteiger partial charge in [-0.3, -0.25) is 0 Å². The summed E-state index contributed by atoms with van der Waals surface area (Å²) in [4.78, 5) is 0. The molecule has 0 aromatic carbocycles. The second-order valence-electron chi connectivity index (χ2n) is 5.57. The molecule has 0 amide bonds. The van der Waals surface area contributed by atoms with Gasteiger partial charge in [-0.05, 0) is 51.9 Å². The smallest absolute Gasteiger partial charge is 1.00 e. The van der Waals surface area contributed by atoms with E-state index in [0.717, 1.165) is 13.1 Å². The van der Waals surface area contributed by atoms with Crippen molar-refractivity contribution < 1.29 is 20.3 Å². The Morgan fingerprint density at radius 2 is 0.800 bits per heavy atom. The first-order valence-electron chi connectivity index (χ1n) is 8.52. The van der Waals surface area contributed by atoms with E-state index < -0.39 is 0 Å². The predicted octanol–water partition coefficient (Wildman–Crippen LogP) is 0.291. The molecule has 0 radical (unpaired) electrons. The van der Waals surface area contributed by atoms with E-state index in [0.29, 0.717) is 0 Å². The van der Waals surface area contributed by atoms with Crippen LogP contribution in [-0.2, 0) is 0 Å². The van der Waals surface area contributed by atoms with E-state index in [9.17, 15) is 0 Å². The fraction of sp³-hybridized carbons (Fsp3) is 1.00. The van der Waals surface area contributed by atoms with E-state index in [2.05, 4.69) is 5.32 Å². The minimum absolute atomic E-state index is 0. The summed E-state index contributed by atoms with van der Waals surface area (Å²) in [5.74, 6) is 0. The second-order valence-corrected chi connectivity index (χ2v) is 5.57. The first kappa shape index (κ1) is 22.8. The van der Waals surface area contributed by atoms with Crippen LogP contribution in [0.25, 0.3) is 0 Å². The van der Waals surface area contributed by atoms with E-state index >= 15 is 0 Å². The molecule has 0 aliphatic carbocycles. The summed E-state index contributed by atoms with van der Waals surface area (Å²) in [7, 11) is 0. The summed E-state index contributed by atoms with van der Waals surface area (Å²) in [6.07, 6.45) is 15.9. The van der Waals surface area contributed by atoms with Crippen molar-refractivity contribution in [3.05, 3.63) is 0 Å². The van der Waals surface area contributed by atoms with Crippen molar-refractivity contribution >= 4 is 0 Å². The van der Waals surface area contributed by atoms with Gasteiger partial charge in [-0.15, -0.1) is 0 Å². The summed E-state index contributed by atoms with van der Waals surface area (Å²) < 4.78 is 0. The average Bonchev–Trinajstić information content (AvgIpc) is 2.43. The van der Waals surface area contributed by atoms with E-state index in [1.807, 2.05) is 0 Å². The van der Waals surface area contributed by atoms with Gasteiger partial charge in [0.1, 0.15) is 0 Å². The molecular formula is C16H38LiN3. The molecule has 4 heteroatoms. The minimum atomic E-state index is 0. The molecule has 0 saturated heterocycles. The van der Waals surface area contributed by atoms with Gasteiger partial charge < -0.3 is 18.2 Å². The third-order valence-electron chi connectivity index (χ3n) is 3.62. The maximum atomic E-state index is 5.47. The molecule has 0 unspecified atom stereocenters. The first-order valence-corrected chi connectivity index (χ1v) is 8.52. The van der Waals surface area contributed by atoms with Gasteiger partial charge in [0.05, 0.1) is 0 Å². The maximum Gasteiger partial charge on any atom is 1.00 e. The van der Waals surface area contributed by atoms with Crippen LogP contribution < -0.4 is 35.6 Å². The molecule has 118 valence electrons. The Morgan fingerprint density at radius 3 is 1.15 bits per heavy atom. The molecule has 0 atom stereocenters. The van der Waals surface area contributed by atoms with Gasteiger partial charge in [-0.2, -0.15) is 0 Å². The van der Waals surface area contributed by atoms with Crippen LogP contribution in [-0.4, -0.2) is 26.2 Å². The van der Waals surface area contributed by atoms with Gasteiger partial charge in [0, 0.05) is 0 Å². The van der Waals surface area contributed by atoms with Crippen LogP contribution in [0.1, 0.15) is 78.5 Å². The molecule has 0 fully saturated rings. The summed E-state index contributed by atoms with van der Waals surface area (Å²) >= 11 is 0. The molecule has 0 aromatic heterocycles. The fourth-order valence-corrected chi connectivity index (χ4v) is 2.33. The van der Waals surface area contributed by atoms with Crippen molar-refractivity contribution in [1.29, 1.82) is 0 Å². The Kier molecular flexibility index (Phi) is 24.8. The Bertz CT molecular complexity index is 146. The zero-order valence-corrected chi connectivity index (χ0v) is 14.0. The van der Waals surface area contributed by atoms with Crippen LogP contribution in [0.4, 0.5) is 0 Å². The minimum Gasteiger partial charge on any atom is -1.00 e. The van der Waals surface area contributed by atoms with Crippen molar-refractivity contribution in [2.45, 2.75) is 77.0 Å². The summed E-state index contributed by atoms with van der Waals surface area (Å²) in [5, 5.41) is 3.55. The molecule has 0 spiro atoms. The fourth-order valence-electron chi connectivity index (χ4n) is 2.33. The molecule has 0 aliphatic heterocycles. The number of hydrogen-bond acceptors (Lipinski definition) is 3. The monoisotopic (exact) mass is 279 g/mol. The van der Waals surface area contributed by atoms with Crippen LogP contribution >= 0.6 is 0 Å². The van der Waals surface area contributed by atoms with Gasteiger partial charge in [-0.25, -0.2) is 0 Å². The largest absolute Gasteiger partial charge is 1.00 e. The van der Waals surface area contributed by atoms with Crippen molar-refractivity contribution in [3.63, 3.8) is 0 Å². The molecule has 20 heavy (non-hydrogen) atoms. The number of rotatable bonds is 16. The zero-order chi connectivity index (χ0) is 14.0. The van der Waals surface area contributed by atoms with Gasteiger partial charge in [0.15, 0.2) is 0 Å². The number of hydrogen-bond donors (Lipinski definition) is 3. The SMILES string of the molecule is NCCCCCCCCNCCCCCCCCN.[H-].[Li+]. The molecule has 0 rings (SSSR count). The van der Waals surface area contributed by atoms with E-state index in [1.54, 1.807) is 0 Å². The van der Waals surface area contributed by atoms with Crippen LogP contribution in [0.2, 0.25) is 0 Å². The standard InChI is InChI=1S/C16H37N3.Li.H/c17-13-9-5-1-3-7-11-15-19-16-12-8-4-2-6-10-14-18;;/h19H,1-18H2;;/q;+1;-1. The second kappa shape index (κ2) is 21.8. The van der Waals surface area contributed by atoms with Gasteiger partial charge in [0.2, 0.25) is 0 Å². The van der Waals surface area contributed by atoms with Crippen LogP contribution in [0.3, 0.4) is 0 Å². The van der Waals surface area contributed by atoms with Crippen molar-refractivity contribution in [2.24, 2.45) is 11.5 Å². The molecule has 0 heterocycles. The third kappa shape index (κ3) is 20.8. The quantitative estimate of drug-likeness (QED) is 0.281. The van der Waals surface area contributed by atoms with Crippen molar-refractivity contribution in [1.82, 2.24) is 5.32 Å². The molecule has 0 saturated carbocycles. The summed E-state index contributed by atoms with van der Waals surface area (Å²) in [6.45, 7) is 4.11. The number of unbranched alkanes of at least 4 members (excludes halogenated alkanes) is 10. The van der Waals surface area contributed by atoms with Crippen molar-refractivity contribution in [3.8, 4) is 0 Å².